The van der Waals surface area contributed by atoms with Crippen LogP contribution in [0.1, 0.15) is 5.56 Å². The number of carbonyl (C=O) groups excluding carboxylic acids is 2. The largest absolute Gasteiger partial charge is 0.493 e. The van der Waals surface area contributed by atoms with E-state index in [2.05, 4.69) is 17.0 Å². The van der Waals surface area contributed by atoms with Crippen LogP contribution in [0.4, 0.5) is 5.69 Å². The molecule has 0 radical (unpaired) electrons. The van der Waals surface area contributed by atoms with Gasteiger partial charge in [0.1, 0.15) is 0 Å². The summed E-state index contributed by atoms with van der Waals surface area (Å²) in [6.07, 6.45) is 5.76. The van der Waals surface area contributed by atoms with E-state index in [0.717, 1.165) is 24.3 Å². The maximum absolute atomic E-state index is 12.4. The zero-order valence-electron chi connectivity index (χ0n) is 17.3. The molecule has 2 aromatic carbocycles. The van der Waals surface area contributed by atoms with Crippen molar-refractivity contribution in [2.45, 2.75) is 0 Å². The minimum Gasteiger partial charge on any atom is -0.493 e. The predicted octanol–water partition coefficient (Wildman–Crippen LogP) is 3.19. The molecule has 30 heavy (non-hydrogen) atoms. The van der Waals surface area contributed by atoms with Gasteiger partial charge in [-0.15, -0.1) is 0 Å². The lowest BCUT2D eigenvalue weighted by atomic mass is 10.1. The molecule has 1 fully saturated rings. The van der Waals surface area contributed by atoms with Crippen LogP contribution in [-0.2, 0) is 9.59 Å². The molecular formula is C24H26N2O4. The van der Waals surface area contributed by atoms with Gasteiger partial charge in [-0.2, -0.15) is 0 Å². The lowest BCUT2D eigenvalue weighted by Crippen LogP contribution is -2.48. The lowest BCUT2D eigenvalue weighted by molar-refractivity contribution is -0.126. The molecular weight excluding hydrogens is 380 g/mol. The van der Waals surface area contributed by atoms with Gasteiger partial charge in [0.25, 0.3) is 0 Å². The highest BCUT2D eigenvalue weighted by Gasteiger charge is 2.19. The van der Waals surface area contributed by atoms with Gasteiger partial charge in [0, 0.05) is 37.9 Å². The molecule has 3 rings (SSSR count). The molecule has 0 aliphatic carbocycles. The summed E-state index contributed by atoms with van der Waals surface area (Å²) >= 11 is 0. The Hall–Kier alpha value is -3.54. The smallest absolute Gasteiger partial charge is 0.246 e. The molecule has 0 N–H and O–H groups in total. The van der Waals surface area contributed by atoms with Crippen LogP contribution < -0.4 is 14.4 Å². The lowest BCUT2D eigenvalue weighted by Gasteiger charge is -2.35. The number of carbonyl (C=O) groups is 2. The summed E-state index contributed by atoms with van der Waals surface area (Å²) in [6.45, 7) is 2.81. The van der Waals surface area contributed by atoms with Gasteiger partial charge >= 0.3 is 0 Å². The van der Waals surface area contributed by atoms with Crippen molar-refractivity contribution in [1.82, 2.24) is 4.90 Å². The van der Waals surface area contributed by atoms with Crippen LogP contribution in [0.2, 0.25) is 0 Å². The summed E-state index contributed by atoms with van der Waals surface area (Å²) in [4.78, 5) is 28.5. The zero-order chi connectivity index (χ0) is 21.3. The highest BCUT2D eigenvalue weighted by molar-refractivity contribution is 6.05. The second kappa shape index (κ2) is 10.3. The van der Waals surface area contributed by atoms with E-state index in [9.17, 15) is 9.59 Å². The Morgan fingerprint density at radius 1 is 0.833 bits per heavy atom. The average molecular weight is 406 g/mol. The van der Waals surface area contributed by atoms with E-state index in [-0.39, 0.29) is 11.7 Å². The number of allylic oxidation sites excluding steroid dienone is 2. The molecule has 1 aliphatic heterocycles. The number of methoxy groups -OCH3 is 2. The van der Waals surface area contributed by atoms with Crippen LogP contribution in [0.5, 0.6) is 11.5 Å². The van der Waals surface area contributed by atoms with Gasteiger partial charge in [-0.05, 0) is 42.0 Å². The summed E-state index contributed by atoms with van der Waals surface area (Å²) in [7, 11) is 3.13. The normalized spacial score (nSPS) is 14.3. The monoisotopic (exact) mass is 406 g/mol. The number of piperazine rings is 1. The average Bonchev–Trinajstić information content (AvgIpc) is 2.81. The van der Waals surface area contributed by atoms with Gasteiger partial charge in [0.15, 0.2) is 17.3 Å². The fourth-order valence-electron chi connectivity index (χ4n) is 3.27. The molecule has 0 bridgehead atoms. The Morgan fingerprint density at radius 2 is 1.53 bits per heavy atom. The molecule has 1 aliphatic rings. The van der Waals surface area contributed by atoms with Crippen molar-refractivity contribution in [3.05, 3.63) is 72.3 Å². The fraction of sp³-hybridized carbons (Fsp3) is 0.250. The number of nitrogens with zero attached hydrogens (tertiary/aromatic N) is 2. The molecule has 0 aromatic heterocycles. The van der Waals surface area contributed by atoms with Crippen LogP contribution in [0.3, 0.4) is 0 Å². The SMILES string of the molecule is COc1ccc(/C=C/C(=O)/C=C/C(=O)N2CCN(c3ccccc3)CC2)cc1OC. The third-order valence-corrected chi connectivity index (χ3v) is 4.95. The number of ether oxygens (including phenoxy) is 2. The highest BCUT2D eigenvalue weighted by atomic mass is 16.5. The molecule has 1 heterocycles. The third kappa shape index (κ3) is 5.50. The molecule has 1 amide bonds. The summed E-state index contributed by atoms with van der Waals surface area (Å²) in [5.74, 6) is 0.822. The van der Waals surface area contributed by atoms with Gasteiger partial charge in [-0.25, -0.2) is 0 Å². The predicted molar refractivity (Wildman–Crippen MR) is 118 cm³/mol. The number of anilines is 1. The first-order valence-electron chi connectivity index (χ1n) is 9.82. The molecule has 2 aromatic rings. The molecule has 6 nitrogen and oxygen atoms in total. The Balaban J connectivity index is 1.51. The summed E-state index contributed by atoms with van der Waals surface area (Å²) in [6, 6.07) is 15.5. The van der Waals surface area contributed by atoms with Crippen LogP contribution in [0, 0.1) is 0 Å². The first-order chi connectivity index (χ1) is 14.6. The number of ketones is 1. The van der Waals surface area contributed by atoms with E-state index in [1.165, 1.54) is 18.2 Å². The molecule has 1 saturated heterocycles. The minimum atomic E-state index is -0.249. The first kappa shape index (κ1) is 21.2. The molecule has 0 spiro atoms. The number of rotatable bonds is 7. The van der Waals surface area contributed by atoms with Crippen molar-refractivity contribution in [1.29, 1.82) is 0 Å². The number of para-hydroxylation sites is 1. The molecule has 0 unspecified atom stereocenters. The first-order valence-corrected chi connectivity index (χ1v) is 9.82. The standard InChI is InChI=1S/C24H26N2O4/c1-29-22-12-9-19(18-23(22)30-2)8-10-21(27)11-13-24(28)26-16-14-25(15-17-26)20-6-4-3-5-7-20/h3-13,18H,14-17H2,1-2H3/b10-8+,13-11+. The molecule has 0 atom stereocenters. The molecule has 6 heteroatoms. The van der Waals surface area contributed by atoms with Gasteiger partial charge in [-0.3, -0.25) is 9.59 Å². The molecule has 0 saturated carbocycles. The van der Waals surface area contributed by atoms with Crippen LogP contribution in [-0.4, -0.2) is 57.0 Å². The van der Waals surface area contributed by atoms with E-state index >= 15 is 0 Å². The van der Waals surface area contributed by atoms with Crippen molar-refractivity contribution >= 4 is 23.5 Å². The van der Waals surface area contributed by atoms with Gasteiger partial charge in [-0.1, -0.05) is 30.3 Å². The van der Waals surface area contributed by atoms with Gasteiger partial charge in [0.2, 0.25) is 5.91 Å². The van der Waals surface area contributed by atoms with Gasteiger partial charge in [0.05, 0.1) is 14.2 Å². The van der Waals surface area contributed by atoms with Crippen LogP contribution in [0.15, 0.2) is 66.8 Å². The van der Waals surface area contributed by atoms with E-state index in [4.69, 9.17) is 9.47 Å². The fourth-order valence-corrected chi connectivity index (χ4v) is 3.27. The summed E-state index contributed by atoms with van der Waals surface area (Å²) in [5.41, 5.74) is 1.97. The van der Waals surface area contributed by atoms with E-state index in [1.807, 2.05) is 24.3 Å². The molecule has 156 valence electrons. The topological polar surface area (TPSA) is 59.1 Å². The second-order valence-corrected chi connectivity index (χ2v) is 6.83. The van der Waals surface area contributed by atoms with Crippen molar-refractivity contribution in [3.8, 4) is 11.5 Å². The summed E-state index contributed by atoms with van der Waals surface area (Å²) < 4.78 is 10.5. The number of amides is 1. The Bertz CT molecular complexity index is 929. The van der Waals surface area contributed by atoms with E-state index in [1.54, 1.807) is 37.3 Å². The minimum absolute atomic E-state index is 0.143. The van der Waals surface area contributed by atoms with Crippen LogP contribution in [0.25, 0.3) is 6.08 Å². The van der Waals surface area contributed by atoms with Crippen molar-refractivity contribution in [2.24, 2.45) is 0 Å². The Kier molecular flexibility index (Phi) is 7.27. The second-order valence-electron chi connectivity index (χ2n) is 6.83. The third-order valence-electron chi connectivity index (χ3n) is 4.95. The van der Waals surface area contributed by atoms with Crippen molar-refractivity contribution in [2.75, 3.05) is 45.3 Å². The van der Waals surface area contributed by atoms with Crippen molar-refractivity contribution < 1.29 is 19.1 Å². The van der Waals surface area contributed by atoms with E-state index < -0.39 is 0 Å². The number of hydrogen-bond acceptors (Lipinski definition) is 5. The maximum Gasteiger partial charge on any atom is 0.246 e. The maximum atomic E-state index is 12.4. The number of hydrogen-bond donors (Lipinski definition) is 0. The highest BCUT2D eigenvalue weighted by Crippen LogP contribution is 2.27. The van der Waals surface area contributed by atoms with Crippen molar-refractivity contribution in [3.63, 3.8) is 0 Å². The Morgan fingerprint density at radius 3 is 2.20 bits per heavy atom. The summed E-state index contributed by atoms with van der Waals surface area (Å²) in [5, 5.41) is 0. The van der Waals surface area contributed by atoms with Crippen LogP contribution >= 0.6 is 0 Å². The van der Waals surface area contributed by atoms with E-state index in [0.29, 0.717) is 24.6 Å². The zero-order valence-corrected chi connectivity index (χ0v) is 17.3. The van der Waals surface area contributed by atoms with Gasteiger partial charge < -0.3 is 19.3 Å². The quantitative estimate of drug-likeness (QED) is 0.661. The number of benzene rings is 2. The Labute approximate surface area is 177 Å².